The molecule has 1 saturated carbocycles. The summed E-state index contributed by atoms with van der Waals surface area (Å²) in [6, 6.07) is 18.1. The number of benzene rings is 2. The highest BCUT2D eigenvalue weighted by Crippen LogP contribution is 2.42. The van der Waals surface area contributed by atoms with Gasteiger partial charge in [0.15, 0.2) is 6.29 Å². The van der Waals surface area contributed by atoms with Crippen LogP contribution in [0.1, 0.15) is 24.0 Å². The van der Waals surface area contributed by atoms with Gasteiger partial charge in [-0.05, 0) is 41.5 Å². The highest BCUT2D eigenvalue weighted by Gasteiger charge is 2.44. The van der Waals surface area contributed by atoms with Crippen LogP contribution >= 0.6 is 0 Å². The summed E-state index contributed by atoms with van der Waals surface area (Å²) >= 11 is 0. The zero-order chi connectivity index (χ0) is 22.2. The number of methoxy groups -OCH3 is 1. The van der Waals surface area contributed by atoms with Gasteiger partial charge in [-0.25, -0.2) is 0 Å². The zero-order valence-electron chi connectivity index (χ0n) is 18.7. The standard InChI is InChI=1S/C26H34O6/c1-28-22-9-7-20(8-10-22)17-32-25-13-21(14-26-30-11-12-31-26)23(15-27)24(25)18-29-16-19-5-3-2-4-6-19/h2-10,21,23-27H,11-18H2,1H3/t21-,23+,24-,25+/m1/s1. The molecule has 6 nitrogen and oxygen atoms in total. The van der Waals surface area contributed by atoms with Gasteiger partial charge in [0.2, 0.25) is 0 Å². The maximum atomic E-state index is 10.3. The molecule has 0 bridgehead atoms. The van der Waals surface area contributed by atoms with Crippen molar-refractivity contribution >= 4 is 0 Å². The van der Waals surface area contributed by atoms with Crippen LogP contribution in [0.5, 0.6) is 5.75 Å². The van der Waals surface area contributed by atoms with Crippen molar-refractivity contribution in [3.8, 4) is 5.75 Å². The third-order valence-electron chi connectivity index (χ3n) is 6.61. The van der Waals surface area contributed by atoms with E-state index in [0.717, 1.165) is 29.7 Å². The number of aliphatic hydroxyl groups excluding tert-OH is 1. The van der Waals surface area contributed by atoms with Crippen LogP contribution < -0.4 is 4.74 Å². The monoisotopic (exact) mass is 442 g/mol. The van der Waals surface area contributed by atoms with Crippen molar-refractivity contribution in [2.75, 3.05) is 33.5 Å². The molecule has 0 aromatic heterocycles. The fourth-order valence-corrected chi connectivity index (χ4v) is 4.85. The Kier molecular flexibility index (Phi) is 8.54. The van der Waals surface area contributed by atoms with Crippen molar-refractivity contribution in [2.45, 2.75) is 38.4 Å². The molecule has 4 atom stereocenters. The van der Waals surface area contributed by atoms with Gasteiger partial charge in [-0.2, -0.15) is 0 Å². The van der Waals surface area contributed by atoms with Gasteiger partial charge in [-0.1, -0.05) is 42.5 Å². The number of ether oxygens (including phenoxy) is 5. The van der Waals surface area contributed by atoms with Crippen LogP contribution in [0, 0.1) is 17.8 Å². The summed E-state index contributed by atoms with van der Waals surface area (Å²) in [7, 11) is 1.66. The molecule has 1 aliphatic carbocycles. The van der Waals surface area contributed by atoms with Crippen molar-refractivity contribution in [3.05, 3.63) is 65.7 Å². The molecule has 1 N–H and O–H groups in total. The van der Waals surface area contributed by atoms with E-state index >= 15 is 0 Å². The highest BCUT2D eigenvalue weighted by atomic mass is 16.7. The minimum Gasteiger partial charge on any atom is -0.497 e. The van der Waals surface area contributed by atoms with Crippen molar-refractivity contribution in [3.63, 3.8) is 0 Å². The number of hydrogen-bond acceptors (Lipinski definition) is 6. The van der Waals surface area contributed by atoms with Crippen molar-refractivity contribution in [1.29, 1.82) is 0 Å². The molecule has 2 fully saturated rings. The molecule has 1 aliphatic heterocycles. The Labute approximate surface area is 190 Å². The van der Waals surface area contributed by atoms with E-state index in [1.54, 1.807) is 7.11 Å². The van der Waals surface area contributed by atoms with Gasteiger partial charge in [0.05, 0.1) is 46.2 Å². The second-order valence-corrected chi connectivity index (χ2v) is 8.61. The first-order valence-corrected chi connectivity index (χ1v) is 11.5. The summed E-state index contributed by atoms with van der Waals surface area (Å²) in [4.78, 5) is 0. The van der Waals surface area contributed by atoms with E-state index in [4.69, 9.17) is 23.7 Å². The lowest BCUT2D eigenvalue weighted by Gasteiger charge is -2.26. The molecular formula is C26H34O6. The molecule has 1 saturated heterocycles. The van der Waals surface area contributed by atoms with E-state index in [-0.39, 0.29) is 36.8 Å². The molecule has 1 heterocycles. The van der Waals surface area contributed by atoms with E-state index < -0.39 is 0 Å². The maximum Gasteiger partial charge on any atom is 0.158 e. The van der Waals surface area contributed by atoms with Crippen LogP contribution in [0.4, 0.5) is 0 Å². The average molecular weight is 443 g/mol. The lowest BCUT2D eigenvalue weighted by atomic mass is 9.88. The average Bonchev–Trinajstić information content (AvgIpc) is 3.46. The lowest BCUT2D eigenvalue weighted by Crippen LogP contribution is -2.30. The maximum absolute atomic E-state index is 10.3. The zero-order valence-corrected chi connectivity index (χ0v) is 18.7. The van der Waals surface area contributed by atoms with E-state index in [2.05, 4.69) is 12.1 Å². The number of hydrogen-bond donors (Lipinski definition) is 1. The van der Waals surface area contributed by atoms with Gasteiger partial charge in [0.25, 0.3) is 0 Å². The molecule has 2 aromatic carbocycles. The molecule has 4 rings (SSSR count). The van der Waals surface area contributed by atoms with Crippen LogP contribution in [0.15, 0.2) is 54.6 Å². The van der Waals surface area contributed by atoms with E-state index in [1.165, 1.54) is 0 Å². The van der Waals surface area contributed by atoms with Crippen LogP contribution in [0.3, 0.4) is 0 Å². The Morgan fingerprint density at radius 2 is 1.62 bits per heavy atom. The summed E-state index contributed by atoms with van der Waals surface area (Å²) in [5, 5.41) is 10.3. The predicted molar refractivity (Wildman–Crippen MR) is 120 cm³/mol. The summed E-state index contributed by atoms with van der Waals surface area (Å²) in [5.41, 5.74) is 2.24. The molecule has 0 unspecified atom stereocenters. The molecule has 2 aliphatic rings. The fourth-order valence-electron chi connectivity index (χ4n) is 4.85. The minimum atomic E-state index is -0.180. The van der Waals surface area contributed by atoms with E-state index in [1.807, 2.05) is 42.5 Å². The van der Waals surface area contributed by atoms with Gasteiger partial charge in [-0.3, -0.25) is 0 Å². The third kappa shape index (κ3) is 6.09. The molecule has 0 spiro atoms. The Morgan fingerprint density at radius 1 is 0.906 bits per heavy atom. The lowest BCUT2D eigenvalue weighted by molar-refractivity contribution is -0.0643. The first kappa shape index (κ1) is 23.2. The largest absolute Gasteiger partial charge is 0.497 e. The SMILES string of the molecule is COc1ccc(CO[C@H]2C[C@H](CC3OCCO3)[C@H](CO)[C@H]2COCc2ccccc2)cc1. The smallest absolute Gasteiger partial charge is 0.158 e. The Morgan fingerprint density at radius 3 is 2.31 bits per heavy atom. The Balaban J connectivity index is 1.39. The van der Waals surface area contributed by atoms with Gasteiger partial charge in [0, 0.05) is 18.9 Å². The first-order valence-electron chi connectivity index (χ1n) is 11.5. The normalized spacial score (nSPS) is 25.9. The molecule has 0 amide bonds. The summed E-state index contributed by atoms with van der Waals surface area (Å²) in [5.74, 6) is 1.32. The van der Waals surface area contributed by atoms with Crippen LogP contribution in [0.25, 0.3) is 0 Å². The topological polar surface area (TPSA) is 66.4 Å². The molecule has 6 heteroatoms. The highest BCUT2D eigenvalue weighted by molar-refractivity contribution is 5.26. The predicted octanol–water partition coefficient (Wildman–Crippen LogP) is 3.80. The first-order chi connectivity index (χ1) is 15.8. The number of rotatable bonds is 11. The van der Waals surface area contributed by atoms with Crippen LogP contribution in [0.2, 0.25) is 0 Å². The summed E-state index contributed by atoms with van der Waals surface area (Å²) in [6.07, 6.45) is 1.48. The molecule has 0 radical (unpaired) electrons. The molecule has 32 heavy (non-hydrogen) atoms. The summed E-state index contributed by atoms with van der Waals surface area (Å²) < 4.78 is 29.1. The van der Waals surface area contributed by atoms with Crippen molar-refractivity contribution in [2.24, 2.45) is 17.8 Å². The minimum absolute atomic E-state index is 0.0106. The van der Waals surface area contributed by atoms with Crippen LogP contribution in [-0.2, 0) is 32.2 Å². The quantitative estimate of drug-likeness (QED) is 0.571. The second-order valence-electron chi connectivity index (χ2n) is 8.61. The van der Waals surface area contributed by atoms with Gasteiger partial charge < -0.3 is 28.8 Å². The number of aliphatic hydroxyl groups is 1. The van der Waals surface area contributed by atoms with Gasteiger partial charge in [-0.15, -0.1) is 0 Å². The molecule has 2 aromatic rings. The Bertz CT molecular complexity index is 790. The molecular weight excluding hydrogens is 408 g/mol. The Hall–Kier alpha value is -1.96. The summed E-state index contributed by atoms with van der Waals surface area (Å²) in [6.45, 7) is 3.02. The molecule has 174 valence electrons. The van der Waals surface area contributed by atoms with E-state index in [9.17, 15) is 5.11 Å². The third-order valence-corrected chi connectivity index (χ3v) is 6.61. The van der Waals surface area contributed by atoms with Crippen molar-refractivity contribution < 1.29 is 28.8 Å². The van der Waals surface area contributed by atoms with Gasteiger partial charge in [0.1, 0.15) is 5.75 Å². The van der Waals surface area contributed by atoms with Crippen molar-refractivity contribution in [1.82, 2.24) is 0 Å². The van der Waals surface area contributed by atoms with Gasteiger partial charge >= 0.3 is 0 Å². The second kappa shape index (κ2) is 11.8. The van der Waals surface area contributed by atoms with Crippen LogP contribution in [-0.4, -0.2) is 51.0 Å². The van der Waals surface area contributed by atoms with E-state index in [0.29, 0.717) is 33.0 Å². The fraction of sp³-hybridized carbons (Fsp3) is 0.538.